The van der Waals surface area contributed by atoms with E-state index in [0.717, 1.165) is 33.9 Å². The first-order chi connectivity index (χ1) is 22.9. The number of hydrogen-bond donors (Lipinski definition) is 0. The molecule has 4 aliphatic carbocycles. The Hall–Kier alpha value is -4.35. The van der Waals surface area contributed by atoms with E-state index in [9.17, 15) is 8.42 Å². The number of anilines is 3. The van der Waals surface area contributed by atoms with Gasteiger partial charge in [-0.15, -0.1) is 0 Å². The van der Waals surface area contributed by atoms with Crippen LogP contribution in [0, 0.1) is 30.6 Å². The van der Waals surface area contributed by atoms with Gasteiger partial charge < -0.3 is 4.90 Å². The lowest BCUT2D eigenvalue weighted by molar-refractivity contribution is 0.0589. The van der Waals surface area contributed by atoms with Crippen molar-refractivity contribution in [3.63, 3.8) is 0 Å². The average Bonchev–Trinajstić information content (AvgIpc) is 3.29. The number of aromatic nitrogens is 1. The summed E-state index contributed by atoms with van der Waals surface area (Å²) in [6, 6.07) is 39.8. The van der Waals surface area contributed by atoms with E-state index < -0.39 is 10.0 Å². The van der Waals surface area contributed by atoms with Crippen LogP contribution in [0.15, 0.2) is 120 Å². The third-order valence-electron chi connectivity index (χ3n) is 12.3. The van der Waals surface area contributed by atoms with Crippen molar-refractivity contribution in [3.05, 3.63) is 132 Å². The van der Waals surface area contributed by atoms with Crippen LogP contribution in [0.2, 0.25) is 0 Å². The second kappa shape index (κ2) is 9.84. The van der Waals surface area contributed by atoms with Gasteiger partial charge in [0.1, 0.15) is 0 Å². The Morgan fingerprint density at radius 3 is 2.02 bits per heavy atom. The average molecular weight is 635 g/mol. The highest BCUT2D eigenvalue weighted by Gasteiger charge is 2.59. The Labute approximate surface area is 276 Å². The first kappa shape index (κ1) is 27.7. The molecule has 5 heteroatoms. The van der Waals surface area contributed by atoms with Gasteiger partial charge in [-0.05, 0) is 122 Å². The van der Waals surface area contributed by atoms with Crippen LogP contribution in [0.4, 0.5) is 17.1 Å². The lowest BCUT2D eigenvalue weighted by Crippen LogP contribution is -2.51. The van der Waals surface area contributed by atoms with Crippen molar-refractivity contribution >= 4 is 48.9 Å². The third kappa shape index (κ3) is 3.72. The number of benzene rings is 5. The Morgan fingerprint density at radius 1 is 0.617 bits per heavy atom. The largest absolute Gasteiger partial charge is 0.310 e. The fraction of sp³-hybridized carbons (Fsp3) is 0.286. The molecule has 4 atom stereocenters. The molecule has 4 fully saturated rings. The van der Waals surface area contributed by atoms with Gasteiger partial charge in [0.05, 0.1) is 27.3 Å². The van der Waals surface area contributed by atoms with Crippen LogP contribution in [-0.4, -0.2) is 12.4 Å². The molecule has 1 spiro atoms. The Kier molecular flexibility index (Phi) is 5.80. The van der Waals surface area contributed by atoms with Crippen molar-refractivity contribution < 1.29 is 8.42 Å². The fourth-order valence-corrected chi connectivity index (χ4v) is 12.2. The maximum absolute atomic E-state index is 14.2. The highest BCUT2D eigenvalue weighted by atomic mass is 32.2. The molecule has 2 heterocycles. The van der Waals surface area contributed by atoms with E-state index in [0.29, 0.717) is 27.8 Å². The molecule has 1 aromatic heterocycles. The summed E-state index contributed by atoms with van der Waals surface area (Å²) in [5.41, 5.74) is 9.04. The smallest absolute Gasteiger partial charge is 0.268 e. The molecule has 4 nitrogen and oxygen atoms in total. The maximum atomic E-state index is 14.2. The van der Waals surface area contributed by atoms with Gasteiger partial charge >= 0.3 is 0 Å². The SMILES string of the molecule is Cc1ccc(S(=O)(=O)n2c3ccccc3c3cc(N4c5ccccc5C5(c6ccccc64)C4CC[C@@H]6CC(C4)C[C@@H]5C6)ccc32)cc1. The third-order valence-corrected chi connectivity index (χ3v) is 14.1. The first-order valence-corrected chi connectivity index (χ1v) is 18.7. The molecule has 0 amide bonds. The Morgan fingerprint density at radius 2 is 1.26 bits per heavy atom. The van der Waals surface area contributed by atoms with E-state index in [2.05, 4.69) is 65.6 Å². The monoisotopic (exact) mass is 634 g/mol. The van der Waals surface area contributed by atoms with Gasteiger partial charge in [-0.1, -0.05) is 78.7 Å². The fourth-order valence-electron chi connectivity index (χ4n) is 10.7. The van der Waals surface area contributed by atoms with E-state index in [1.165, 1.54) is 65.0 Å². The van der Waals surface area contributed by atoms with E-state index in [1.807, 2.05) is 49.4 Å². The highest BCUT2D eigenvalue weighted by Crippen LogP contribution is 2.67. The van der Waals surface area contributed by atoms with Crippen molar-refractivity contribution in [2.45, 2.75) is 55.8 Å². The van der Waals surface area contributed by atoms with Crippen LogP contribution in [0.3, 0.4) is 0 Å². The van der Waals surface area contributed by atoms with Crippen LogP contribution < -0.4 is 4.90 Å². The van der Waals surface area contributed by atoms with Crippen LogP contribution in [0.1, 0.15) is 55.2 Å². The van der Waals surface area contributed by atoms with E-state index >= 15 is 0 Å². The Bertz CT molecular complexity index is 2280. The summed E-state index contributed by atoms with van der Waals surface area (Å²) >= 11 is 0. The lowest BCUT2D eigenvalue weighted by Gasteiger charge is -2.58. The second-order valence-electron chi connectivity index (χ2n) is 14.7. The van der Waals surface area contributed by atoms with Crippen LogP contribution in [0.5, 0.6) is 0 Å². The molecule has 0 radical (unpaired) electrons. The molecule has 0 N–H and O–H groups in total. The van der Waals surface area contributed by atoms with Crippen LogP contribution in [0.25, 0.3) is 21.8 Å². The minimum absolute atomic E-state index is 0.0393. The van der Waals surface area contributed by atoms with Gasteiger partial charge in [0.15, 0.2) is 0 Å². The van der Waals surface area contributed by atoms with Crippen molar-refractivity contribution in [2.24, 2.45) is 23.7 Å². The summed E-state index contributed by atoms with van der Waals surface area (Å²) in [4.78, 5) is 2.75. The van der Waals surface area contributed by atoms with Gasteiger partial charge in [-0.25, -0.2) is 12.4 Å². The van der Waals surface area contributed by atoms with Gasteiger partial charge in [-0.3, -0.25) is 0 Å². The summed E-state index contributed by atoms with van der Waals surface area (Å²) in [5, 5.41) is 1.88. The standard InChI is InChI=1S/C42H38N2O2S/c1-27-14-19-33(20-15-27)47(45,46)44-38-11-5-2-8-34(38)35-26-32(18-21-39(35)44)43-40-12-6-3-9-36(40)42(37-10-4-7-13-41(37)43)30-17-16-28-22-29(24-30)25-31(42)23-28/h2-15,18-21,26,28-31H,16-17,22-25H2,1H3/t28-,29?,30?,31+/m1/s1. The van der Waals surface area contributed by atoms with E-state index in [-0.39, 0.29) is 5.41 Å². The van der Waals surface area contributed by atoms with Crippen LogP contribution in [-0.2, 0) is 15.4 Å². The molecule has 47 heavy (non-hydrogen) atoms. The van der Waals surface area contributed by atoms with Gasteiger partial charge in [-0.2, -0.15) is 0 Å². The molecule has 5 aromatic carbocycles. The predicted octanol–water partition coefficient (Wildman–Crippen LogP) is 10.3. The summed E-state index contributed by atoms with van der Waals surface area (Å²) in [6.45, 7) is 1.97. The molecule has 11 rings (SSSR count). The molecule has 1 aliphatic heterocycles. The minimum atomic E-state index is -3.83. The van der Waals surface area contributed by atoms with Crippen LogP contribution >= 0.6 is 0 Å². The van der Waals surface area contributed by atoms with E-state index in [4.69, 9.17) is 0 Å². The molecule has 0 saturated heterocycles. The molecule has 6 aromatic rings. The van der Waals surface area contributed by atoms with Crippen molar-refractivity contribution in [3.8, 4) is 0 Å². The zero-order valence-electron chi connectivity index (χ0n) is 26.6. The molecular formula is C42H38N2O2S. The topological polar surface area (TPSA) is 42.3 Å². The quantitative estimate of drug-likeness (QED) is 0.195. The lowest BCUT2D eigenvalue weighted by atomic mass is 9.48. The number of rotatable bonds is 3. The summed E-state index contributed by atoms with van der Waals surface area (Å²) in [5.74, 6) is 3.08. The first-order valence-electron chi connectivity index (χ1n) is 17.3. The number of nitrogens with zero attached hydrogens (tertiary/aromatic N) is 2. The minimum Gasteiger partial charge on any atom is -0.310 e. The maximum Gasteiger partial charge on any atom is 0.268 e. The van der Waals surface area contributed by atoms with Gasteiger partial charge in [0, 0.05) is 21.9 Å². The zero-order valence-corrected chi connectivity index (χ0v) is 27.5. The highest BCUT2D eigenvalue weighted by molar-refractivity contribution is 7.90. The molecule has 234 valence electrons. The molecule has 2 unspecified atom stereocenters. The van der Waals surface area contributed by atoms with Crippen molar-refractivity contribution in [1.29, 1.82) is 0 Å². The van der Waals surface area contributed by atoms with E-state index in [1.54, 1.807) is 12.1 Å². The Balaban J connectivity index is 1.20. The number of aryl methyl sites for hydroxylation is 1. The van der Waals surface area contributed by atoms with Gasteiger partial charge in [0.25, 0.3) is 10.0 Å². The summed E-state index contributed by atoms with van der Waals surface area (Å²) < 4.78 is 30.0. The van der Waals surface area contributed by atoms with Gasteiger partial charge in [0.2, 0.25) is 0 Å². The summed E-state index contributed by atoms with van der Waals surface area (Å²) in [6.07, 6.45) is 8.16. The number of hydrogen-bond acceptors (Lipinski definition) is 3. The second-order valence-corrected chi connectivity index (χ2v) is 16.5. The van der Waals surface area contributed by atoms with Crippen molar-refractivity contribution in [1.82, 2.24) is 3.97 Å². The zero-order chi connectivity index (χ0) is 31.5. The number of fused-ring (bicyclic) bond motifs is 6. The molecular weight excluding hydrogens is 597 g/mol. The predicted molar refractivity (Wildman–Crippen MR) is 190 cm³/mol. The summed E-state index contributed by atoms with van der Waals surface area (Å²) in [7, 11) is -3.83. The van der Waals surface area contributed by atoms with Crippen molar-refractivity contribution in [2.75, 3.05) is 4.90 Å². The molecule has 4 saturated carbocycles. The molecule has 4 bridgehead atoms. The normalized spacial score (nSPS) is 24.1. The number of para-hydroxylation sites is 3. The molecule has 5 aliphatic rings.